The number of nitrogens with one attached hydrogen (secondary N) is 1. The smallest absolute Gasteiger partial charge is 0.322 e. The van der Waals surface area contributed by atoms with Crippen LogP contribution in [0.25, 0.3) is 0 Å². The van der Waals surface area contributed by atoms with E-state index in [9.17, 15) is 0 Å². The zero-order chi connectivity index (χ0) is 14.1. The molecule has 108 valence electrons. The third-order valence-corrected chi connectivity index (χ3v) is 2.34. The van der Waals surface area contributed by atoms with E-state index >= 15 is 0 Å². The van der Waals surface area contributed by atoms with Crippen LogP contribution >= 0.6 is 0 Å². The van der Waals surface area contributed by atoms with Gasteiger partial charge in [0, 0.05) is 26.7 Å². The molecule has 8 nitrogen and oxygen atoms in total. The number of aromatic nitrogens is 3. The van der Waals surface area contributed by atoms with Crippen LogP contribution in [0.15, 0.2) is 0 Å². The first-order valence-corrected chi connectivity index (χ1v) is 6.13. The van der Waals surface area contributed by atoms with E-state index in [1.807, 2.05) is 11.8 Å². The monoisotopic (exact) mass is 271 g/mol. The minimum Gasteiger partial charge on any atom is -0.467 e. The van der Waals surface area contributed by atoms with Gasteiger partial charge in [-0.15, -0.1) is 0 Å². The molecule has 0 atom stereocenters. The van der Waals surface area contributed by atoms with Gasteiger partial charge in [0.05, 0.1) is 20.3 Å². The lowest BCUT2D eigenvalue weighted by Crippen LogP contribution is -2.32. The highest BCUT2D eigenvalue weighted by molar-refractivity contribution is 5.38. The molecule has 0 aliphatic rings. The minimum atomic E-state index is 0.00819. The Bertz CT molecular complexity index is 377. The topological polar surface area (TPSA) is 92.6 Å². The van der Waals surface area contributed by atoms with Crippen molar-refractivity contribution in [3.8, 4) is 6.01 Å². The molecule has 0 saturated carbocycles. The van der Waals surface area contributed by atoms with Crippen molar-refractivity contribution in [3.63, 3.8) is 0 Å². The Morgan fingerprint density at radius 2 is 2.00 bits per heavy atom. The second-order valence-electron chi connectivity index (χ2n) is 3.68. The van der Waals surface area contributed by atoms with Gasteiger partial charge < -0.3 is 24.8 Å². The zero-order valence-corrected chi connectivity index (χ0v) is 11.6. The molecule has 0 spiro atoms. The Balaban J connectivity index is 2.95. The van der Waals surface area contributed by atoms with Gasteiger partial charge in [0.15, 0.2) is 0 Å². The molecule has 19 heavy (non-hydrogen) atoms. The van der Waals surface area contributed by atoms with Gasteiger partial charge in [-0.2, -0.15) is 15.0 Å². The summed E-state index contributed by atoms with van der Waals surface area (Å²) in [6.45, 7) is 4.17. The van der Waals surface area contributed by atoms with E-state index in [1.165, 1.54) is 7.11 Å². The first-order chi connectivity index (χ1) is 9.24. The second kappa shape index (κ2) is 8.44. The van der Waals surface area contributed by atoms with Crippen molar-refractivity contribution >= 4 is 11.9 Å². The lowest BCUT2D eigenvalue weighted by Gasteiger charge is -2.21. The average Bonchev–Trinajstić information content (AvgIpc) is 2.43. The van der Waals surface area contributed by atoms with Crippen LogP contribution in [0, 0.1) is 0 Å². The van der Waals surface area contributed by atoms with E-state index in [2.05, 4.69) is 20.3 Å². The van der Waals surface area contributed by atoms with Gasteiger partial charge in [-0.05, 0) is 6.92 Å². The summed E-state index contributed by atoms with van der Waals surface area (Å²) < 4.78 is 10.1. The highest BCUT2D eigenvalue weighted by Crippen LogP contribution is 2.14. The third-order valence-electron chi connectivity index (χ3n) is 2.34. The lowest BCUT2D eigenvalue weighted by molar-refractivity contribution is 0.202. The molecule has 2 N–H and O–H groups in total. The van der Waals surface area contributed by atoms with Crippen LogP contribution in [0.3, 0.4) is 0 Å². The number of hydrogen-bond acceptors (Lipinski definition) is 8. The van der Waals surface area contributed by atoms with E-state index in [1.54, 1.807) is 7.11 Å². The first kappa shape index (κ1) is 15.4. The zero-order valence-electron chi connectivity index (χ0n) is 11.6. The minimum absolute atomic E-state index is 0.00819. The van der Waals surface area contributed by atoms with Crippen LogP contribution in [-0.4, -0.2) is 67.1 Å². The number of aliphatic hydroxyl groups excluding tert-OH is 1. The van der Waals surface area contributed by atoms with Crippen molar-refractivity contribution < 1.29 is 14.6 Å². The van der Waals surface area contributed by atoms with Gasteiger partial charge in [-0.3, -0.25) is 0 Å². The maximum atomic E-state index is 9.10. The van der Waals surface area contributed by atoms with Crippen LogP contribution in [-0.2, 0) is 4.74 Å². The van der Waals surface area contributed by atoms with Crippen molar-refractivity contribution in [3.05, 3.63) is 0 Å². The largest absolute Gasteiger partial charge is 0.467 e. The van der Waals surface area contributed by atoms with Crippen LogP contribution in [0.4, 0.5) is 11.9 Å². The molecule has 0 amide bonds. The Hall–Kier alpha value is -1.67. The molecule has 8 heteroatoms. The quantitative estimate of drug-likeness (QED) is 0.635. The predicted molar refractivity (Wildman–Crippen MR) is 71.7 cm³/mol. The Morgan fingerprint density at radius 3 is 2.58 bits per heavy atom. The molecule has 0 fully saturated rings. The number of aliphatic hydroxyl groups is 1. The number of methoxy groups -OCH3 is 2. The summed E-state index contributed by atoms with van der Waals surface area (Å²) in [7, 11) is 3.12. The maximum absolute atomic E-state index is 9.10. The third kappa shape index (κ3) is 4.84. The summed E-state index contributed by atoms with van der Waals surface area (Å²) in [5.74, 6) is 0.901. The van der Waals surface area contributed by atoms with Crippen molar-refractivity contribution in [1.29, 1.82) is 0 Å². The first-order valence-electron chi connectivity index (χ1n) is 6.13. The SMILES string of the molecule is CCNc1nc(OC)nc(N(CCO)CCOC)n1. The fourth-order valence-electron chi connectivity index (χ4n) is 1.45. The van der Waals surface area contributed by atoms with Crippen LogP contribution in [0.1, 0.15) is 6.92 Å². The molecule has 1 heterocycles. The van der Waals surface area contributed by atoms with Crippen LogP contribution in [0.2, 0.25) is 0 Å². The number of nitrogens with zero attached hydrogens (tertiary/aromatic N) is 4. The molecule has 1 rings (SSSR count). The second-order valence-corrected chi connectivity index (χ2v) is 3.68. The highest BCUT2D eigenvalue weighted by Gasteiger charge is 2.13. The van der Waals surface area contributed by atoms with Crippen molar-refractivity contribution in [1.82, 2.24) is 15.0 Å². The van der Waals surface area contributed by atoms with E-state index in [-0.39, 0.29) is 12.6 Å². The molecular weight excluding hydrogens is 250 g/mol. The molecular formula is C11H21N5O3. The molecule has 0 aliphatic heterocycles. The van der Waals surface area contributed by atoms with E-state index in [4.69, 9.17) is 14.6 Å². The molecule has 0 bridgehead atoms. The van der Waals surface area contributed by atoms with E-state index < -0.39 is 0 Å². The molecule has 0 aromatic carbocycles. The average molecular weight is 271 g/mol. The van der Waals surface area contributed by atoms with Gasteiger partial charge in [0.1, 0.15) is 0 Å². The van der Waals surface area contributed by atoms with Gasteiger partial charge in [0.2, 0.25) is 11.9 Å². The Morgan fingerprint density at radius 1 is 1.21 bits per heavy atom. The summed E-state index contributed by atoms with van der Waals surface area (Å²) >= 11 is 0. The lowest BCUT2D eigenvalue weighted by atomic mass is 10.5. The van der Waals surface area contributed by atoms with Gasteiger partial charge in [-0.25, -0.2) is 0 Å². The van der Waals surface area contributed by atoms with Gasteiger partial charge in [0.25, 0.3) is 0 Å². The summed E-state index contributed by atoms with van der Waals surface area (Å²) in [6.07, 6.45) is 0. The maximum Gasteiger partial charge on any atom is 0.322 e. The molecule has 0 aliphatic carbocycles. The van der Waals surface area contributed by atoms with Crippen molar-refractivity contribution in [2.24, 2.45) is 0 Å². The van der Waals surface area contributed by atoms with Gasteiger partial charge in [-0.1, -0.05) is 0 Å². The molecule has 1 aromatic heterocycles. The number of anilines is 2. The Kier molecular flexibility index (Phi) is 6.83. The summed E-state index contributed by atoms with van der Waals surface area (Å²) in [6, 6.07) is 0.237. The van der Waals surface area contributed by atoms with Crippen LogP contribution in [0.5, 0.6) is 6.01 Å². The van der Waals surface area contributed by atoms with Crippen LogP contribution < -0.4 is 15.0 Å². The Labute approximate surface area is 112 Å². The summed E-state index contributed by atoms with van der Waals surface area (Å²) in [5.41, 5.74) is 0. The normalized spacial score (nSPS) is 10.3. The number of rotatable bonds is 9. The standard InChI is InChI=1S/C11H21N5O3/c1-4-12-9-13-10(15-11(14-9)19-3)16(5-7-17)6-8-18-2/h17H,4-8H2,1-3H3,(H,12,13,14,15). The van der Waals surface area contributed by atoms with E-state index in [0.29, 0.717) is 38.1 Å². The van der Waals surface area contributed by atoms with Crippen molar-refractivity contribution in [2.45, 2.75) is 6.92 Å². The summed E-state index contributed by atoms with van der Waals surface area (Å²) in [5, 5.41) is 12.1. The fourth-order valence-corrected chi connectivity index (χ4v) is 1.45. The predicted octanol–water partition coefficient (Wildman–Crippen LogP) is -0.243. The van der Waals surface area contributed by atoms with E-state index in [0.717, 1.165) is 0 Å². The van der Waals surface area contributed by atoms with Gasteiger partial charge >= 0.3 is 6.01 Å². The number of hydrogen-bond donors (Lipinski definition) is 2. The molecule has 0 unspecified atom stereocenters. The highest BCUT2D eigenvalue weighted by atomic mass is 16.5. The van der Waals surface area contributed by atoms with Crippen molar-refractivity contribution in [2.75, 3.05) is 57.3 Å². The molecule has 1 aromatic rings. The molecule has 0 saturated heterocycles. The molecule has 0 radical (unpaired) electrons. The fraction of sp³-hybridized carbons (Fsp3) is 0.727. The number of ether oxygens (including phenoxy) is 2. The summed E-state index contributed by atoms with van der Waals surface area (Å²) in [4.78, 5) is 14.4.